The third-order valence-corrected chi connectivity index (χ3v) is 4.49. The summed E-state index contributed by atoms with van der Waals surface area (Å²) in [6, 6.07) is 1.02. The molecule has 0 radical (unpaired) electrons. The fourth-order valence-electron chi connectivity index (χ4n) is 3.00. The number of likely N-dealkylation sites (N-methyl/N-ethyl adjacent to an activating group) is 1. The molecule has 2 atom stereocenters. The molecule has 2 fully saturated rings. The molecular weight excluding hydrogens is 254 g/mol. The van der Waals surface area contributed by atoms with Crippen molar-refractivity contribution in [2.45, 2.75) is 51.2 Å². The molecule has 2 rings (SSSR count). The van der Waals surface area contributed by atoms with Crippen molar-refractivity contribution >= 4 is 5.97 Å². The molecule has 2 unspecified atom stereocenters. The van der Waals surface area contributed by atoms with E-state index >= 15 is 0 Å². The van der Waals surface area contributed by atoms with Gasteiger partial charge in [-0.3, -0.25) is 9.69 Å². The molecule has 1 saturated heterocycles. The maximum Gasteiger partial charge on any atom is 0.322 e. The number of hydrogen-bond acceptors (Lipinski definition) is 5. The molecule has 1 aliphatic carbocycles. The van der Waals surface area contributed by atoms with Crippen LogP contribution in [0.3, 0.4) is 0 Å². The van der Waals surface area contributed by atoms with Crippen LogP contribution >= 0.6 is 0 Å². The second kappa shape index (κ2) is 7.38. The second-order valence-electron chi connectivity index (χ2n) is 6.08. The summed E-state index contributed by atoms with van der Waals surface area (Å²) in [6.45, 7) is 9.95. The van der Waals surface area contributed by atoms with Crippen molar-refractivity contribution in [3.05, 3.63) is 0 Å². The third kappa shape index (κ3) is 4.43. The first kappa shape index (κ1) is 15.7. The number of rotatable bonds is 7. The van der Waals surface area contributed by atoms with E-state index in [1.807, 2.05) is 0 Å². The number of nitrogens with one attached hydrogen (secondary N) is 1. The molecular formula is C15H29N3O2. The van der Waals surface area contributed by atoms with E-state index in [0.717, 1.165) is 39.1 Å². The van der Waals surface area contributed by atoms with Crippen molar-refractivity contribution in [1.29, 1.82) is 0 Å². The Morgan fingerprint density at radius 1 is 1.40 bits per heavy atom. The fourth-order valence-corrected chi connectivity index (χ4v) is 3.00. The lowest BCUT2D eigenvalue weighted by atomic mass is 10.1. The van der Waals surface area contributed by atoms with Crippen LogP contribution in [0.15, 0.2) is 0 Å². The van der Waals surface area contributed by atoms with Crippen LogP contribution in [0.25, 0.3) is 0 Å². The zero-order valence-corrected chi connectivity index (χ0v) is 13.1. The van der Waals surface area contributed by atoms with Gasteiger partial charge in [-0.15, -0.1) is 0 Å². The Balaban J connectivity index is 1.75. The molecule has 1 N–H and O–H groups in total. The number of nitrogens with zero attached hydrogens (tertiary/aromatic N) is 2. The van der Waals surface area contributed by atoms with Gasteiger partial charge in [0, 0.05) is 38.3 Å². The lowest BCUT2D eigenvalue weighted by molar-refractivity contribution is -0.143. The summed E-state index contributed by atoms with van der Waals surface area (Å²) in [5, 5.41) is 3.40. The van der Waals surface area contributed by atoms with Crippen LogP contribution in [-0.2, 0) is 9.53 Å². The molecule has 5 heteroatoms. The van der Waals surface area contributed by atoms with Crippen molar-refractivity contribution < 1.29 is 9.53 Å². The summed E-state index contributed by atoms with van der Waals surface area (Å²) < 4.78 is 4.91. The maximum absolute atomic E-state index is 11.8. The van der Waals surface area contributed by atoms with E-state index in [0.29, 0.717) is 12.1 Å². The average Bonchev–Trinajstić information content (AvgIpc) is 3.26. The number of methoxy groups -OCH3 is 1. The van der Waals surface area contributed by atoms with Gasteiger partial charge in [-0.25, -0.2) is 0 Å². The minimum atomic E-state index is -0.132. The van der Waals surface area contributed by atoms with Crippen LogP contribution in [0, 0.1) is 0 Å². The first-order valence-corrected chi connectivity index (χ1v) is 7.94. The molecule has 5 nitrogen and oxygen atoms in total. The predicted molar refractivity (Wildman–Crippen MR) is 79.7 cm³/mol. The normalized spacial score (nSPS) is 26.4. The highest BCUT2D eigenvalue weighted by molar-refractivity contribution is 5.75. The Morgan fingerprint density at radius 3 is 2.70 bits per heavy atom. The summed E-state index contributed by atoms with van der Waals surface area (Å²) >= 11 is 0. The third-order valence-electron chi connectivity index (χ3n) is 4.49. The van der Waals surface area contributed by atoms with E-state index in [4.69, 9.17) is 4.74 Å². The maximum atomic E-state index is 11.8. The highest BCUT2D eigenvalue weighted by Gasteiger charge is 2.30. The highest BCUT2D eigenvalue weighted by Crippen LogP contribution is 2.20. The number of carbonyl (C=O) groups is 1. The smallest absolute Gasteiger partial charge is 0.322 e. The molecule has 20 heavy (non-hydrogen) atoms. The van der Waals surface area contributed by atoms with E-state index in [2.05, 4.69) is 29.0 Å². The van der Waals surface area contributed by atoms with E-state index in [1.165, 1.54) is 20.0 Å². The van der Waals surface area contributed by atoms with Gasteiger partial charge < -0.3 is 15.0 Å². The Bertz CT molecular complexity index is 320. The van der Waals surface area contributed by atoms with Crippen LogP contribution in [0.1, 0.15) is 33.1 Å². The molecule has 0 bridgehead atoms. The quantitative estimate of drug-likeness (QED) is 0.697. The molecule has 0 amide bonds. The van der Waals surface area contributed by atoms with Crippen LogP contribution in [0.2, 0.25) is 0 Å². The molecule has 1 heterocycles. The Kier molecular flexibility index (Phi) is 5.81. The molecule has 0 aromatic carbocycles. The standard InChI is InChI=1S/C15H29N3O2/c1-4-18-10-9-17(11-12(18)2)8-7-14(15(19)20-3)16-13-5-6-13/h12-14,16H,4-11H2,1-3H3. The minimum Gasteiger partial charge on any atom is -0.468 e. The molecule has 116 valence electrons. The zero-order valence-electron chi connectivity index (χ0n) is 13.1. The number of piperazine rings is 1. The minimum absolute atomic E-state index is 0.114. The lowest BCUT2D eigenvalue weighted by Crippen LogP contribution is -2.52. The van der Waals surface area contributed by atoms with E-state index < -0.39 is 0 Å². The van der Waals surface area contributed by atoms with Gasteiger partial charge in [-0.1, -0.05) is 6.92 Å². The van der Waals surface area contributed by atoms with Crippen LogP contribution in [0.4, 0.5) is 0 Å². The molecule has 0 spiro atoms. The van der Waals surface area contributed by atoms with E-state index in [-0.39, 0.29) is 12.0 Å². The van der Waals surface area contributed by atoms with Gasteiger partial charge in [-0.2, -0.15) is 0 Å². The summed E-state index contributed by atoms with van der Waals surface area (Å²) in [6.07, 6.45) is 3.24. The van der Waals surface area contributed by atoms with Gasteiger partial charge in [0.05, 0.1) is 7.11 Å². The number of carbonyl (C=O) groups excluding carboxylic acids is 1. The van der Waals surface area contributed by atoms with Crippen molar-refractivity contribution in [2.24, 2.45) is 0 Å². The van der Waals surface area contributed by atoms with Gasteiger partial charge in [0.15, 0.2) is 0 Å². The average molecular weight is 283 g/mol. The summed E-state index contributed by atoms with van der Waals surface area (Å²) in [4.78, 5) is 16.8. The van der Waals surface area contributed by atoms with Gasteiger partial charge in [0.1, 0.15) is 6.04 Å². The molecule has 0 aromatic heterocycles. The Morgan fingerprint density at radius 2 is 2.15 bits per heavy atom. The van der Waals surface area contributed by atoms with Crippen molar-refractivity contribution in [3.8, 4) is 0 Å². The summed E-state index contributed by atoms with van der Waals surface area (Å²) in [7, 11) is 1.48. The highest BCUT2D eigenvalue weighted by atomic mass is 16.5. The molecule has 2 aliphatic rings. The van der Waals surface area contributed by atoms with Crippen molar-refractivity contribution in [1.82, 2.24) is 15.1 Å². The van der Waals surface area contributed by atoms with Crippen molar-refractivity contribution in [3.63, 3.8) is 0 Å². The second-order valence-corrected chi connectivity index (χ2v) is 6.08. The largest absolute Gasteiger partial charge is 0.468 e. The molecule has 1 saturated carbocycles. The summed E-state index contributed by atoms with van der Waals surface area (Å²) in [5.74, 6) is -0.114. The first-order chi connectivity index (χ1) is 9.63. The molecule has 1 aliphatic heterocycles. The van der Waals surface area contributed by atoms with E-state index in [1.54, 1.807) is 0 Å². The number of esters is 1. The van der Waals surface area contributed by atoms with Crippen molar-refractivity contribution in [2.75, 3.05) is 39.8 Å². The number of hydrogen-bond donors (Lipinski definition) is 1. The first-order valence-electron chi connectivity index (χ1n) is 7.94. The van der Waals surface area contributed by atoms with E-state index in [9.17, 15) is 4.79 Å². The molecule has 0 aromatic rings. The Labute approximate surface area is 122 Å². The summed E-state index contributed by atoms with van der Waals surface area (Å²) in [5.41, 5.74) is 0. The van der Waals surface area contributed by atoms with Crippen LogP contribution < -0.4 is 5.32 Å². The van der Waals surface area contributed by atoms with Crippen LogP contribution in [0.5, 0.6) is 0 Å². The van der Waals surface area contributed by atoms with Gasteiger partial charge in [0.2, 0.25) is 0 Å². The van der Waals surface area contributed by atoms with Gasteiger partial charge in [0.25, 0.3) is 0 Å². The fraction of sp³-hybridized carbons (Fsp3) is 0.933. The zero-order chi connectivity index (χ0) is 14.5. The Hall–Kier alpha value is -0.650. The SMILES string of the molecule is CCN1CCN(CCC(NC2CC2)C(=O)OC)CC1C. The number of ether oxygens (including phenoxy) is 1. The van der Waals surface area contributed by atoms with Gasteiger partial charge >= 0.3 is 5.97 Å². The lowest BCUT2D eigenvalue weighted by Gasteiger charge is -2.39. The predicted octanol–water partition coefficient (Wildman–Crippen LogP) is 0.696. The van der Waals surface area contributed by atoms with Gasteiger partial charge in [-0.05, 0) is 32.7 Å². The topological polar surface area (TPSA) is 44.8 Å². The monoisotopic (exact) mass is 283 g/mol. The van der Waals surface area contributed by atoms with Crippen LogP contribution in [-0.4, -0.2) is 73.7 Å².